The third-order valence-corrected chi connectivity index (χ3v) is 5.25. The molecule has 3 heteroatoms. The Kier molecular flexibility index (Phi) is 5.27. The molecule has 2 aliphatic rings. The zero-order valence-electron chi connectivity index (χ0n) is 13.0. The van der Waals surface area contributed by atoms with Crippen LogP contribution >= 0.6 is 0 Å². The second kappa shape index (κ2) is 6.55. The number of nitrogens with zero attached hydrogens (tertiary/aromatic N) is 1. The van der Waals surface area contributed by atoms with E-state index in [1.807, 2.05) is 0 Å². The number of piperidine rings is 1. The fraction of sp³-hybridized carbons (Fsp3) is 1.00. The maximum absolute atomic E-state index is 9.35. The van der Waals surface area contributed by atoms with E-state index in [9.17, 15) is 5.11 Å². The van der Waals surface area contributed by atoms with E-state index in [0.717, 1.165) is 19.0 Å². The Bertz CT molecular complexity index is 280. The zero-order chi connectivity index (χ0) is 13.9. The van der Waals surface area contributed by atoms with E-state index >= 15 is 0 Å². The lowest BCUT2D eigenvalue weighted by Gasteiger charge is -2.37. The molecule has 0 amide bonds. The molecular formula is C16H32N2O. The highest BCUT2D eigenvalue weighted by molar-refractivity contribution is 4.97. The van der Waals surface area contributed by atoms with Gasteiger partial charge in [0.25, 0.3) is 0 Å². The Morgan fingerprint density at radius 3 is 2.79 bits per heavy atom. The monoisotopic (exact) mass is 268 g/mol. The Morgan fingerprint density at radius 1 is 1.32 bits per heavy atom. The molecule has 1 heterocycles. The van der Waals surface area contributed by atoms with E-state index in [0.29, 0.717) is 24.0 Å². The van der Waals surface area contributed by atoms with Gasteiger partial charge in [0.15, 0.2) is 0 Å². The smallest absolute Gasteiger partial charge is 0.0471 e. The molecule has 3 atom stereocenters. The third-order valence-electron chi connectivity index (χ3n) is 5.25. The van der Waals surface area contributed by atoms with Crippen molar-refractivity contribution in [2.24, 2.45) is 17.3 Å². The minimum Gasteiger partial charge on any atom is -0.396 e. The Hall–Kier alpha value is -0.120. The number of aliphatic hydroxyl groups excluding tert-OH is 1. The molecule has 112 valence electrons. The van der Waals surface area contributed by atoms with E-state index in [2.05, 4.69) is 31.0 Å². The number of hydrogen-bond acceptors (Lipinski definition) is 3. The molecule has 0 bridgehead atoms. The summed E-state index contributed by atoms with van der Waals surface area (Å²) in [7, 11) is 0. The highest BCUT2D eigenvalue weighted by atomic mass is 16.3. The van der Waals surface area contributed by atoms with Crippen LogP contribution in [0.1, 0.15) is 46.5 Å². The van der Waals surface area contributed by atoms with Crippen molar-refractivity contribution in [3.8, 4) is 0 Å². The quantitative estimate of drug-likeness (QED) is 0.801. The molecule has 1 aliphatic heterocycles. The number of nitrogens with one attached hydrogen (secondary N) is 1. The normalized spacial score (nSPS) is 35.7. The standard InChI is InChI=1S/C16H32N2O/c1-4-17-15-14(7-8-16(15,2)3)11-18-9-5-6-13(10-18)12-19/h13-15,17,19H,4-12H2,1-3H3. The van der Waals surface area contributed by atoms with Gasteiger partial charge in [0.05, 0.1) is 0 Å². The zero-order valence-corrected chi connectivity index (χ0v) is 13.0. The first kappa shape index (κ1) is 15.3. The molecule has 0 aromatic carbocycles. The lowest BCUT2D eigenvalue weighted by atomic mass is 9.84. The van der Waals surface area contributed by atoms with Crippen LogP contribution in [0, 0.1) is 17.3 Å². The van der Waals surface area contributed by atoms with Crippen molar-refractivity contribution in [2.75, 3.05) is 32.8 Å². The van der Waals surface area contributed by atoms with Crippen molar-refractivity contribution in [3.63, 3.8) is 0 Å². The van der Waals surface area contributed by atoms with Gasteiger partial charge in [-0.25, -0.2) is 0 Å². The van der Waals surface area contributed by atoms with Gasteiger partial charge in [-0.2, -0.15) is 0 Å². The van der Waals surface area contributed by atoms with Crippen molar-refractivity contribution >= 4 is 0 Å². The minimum atomic E-state index is 0.364. The summed E-state index contributed by atoms with van der Waals surface area (Å²) in [6.45, 7) is 12.0. The molecule has 2 fully saturated rings. The van der Waals surface area contributed by atoms with Crippen LogP contribution in [0.3, 0.4) is 0 Å². The maximum atomic E-state index is 9.35. The third kappa shape index (κ3) is 3.71. The Labute approximate surface area is 118 Å². The van der Waals surface area contributed by atoms with Crippen LogP contribution < -0.4 is 5.32 Å². The minimum absolute atomic E-state index is 0.364. The van der Waals surface area contributed by atoms with E-state index in [-0.39, 0.29) is 0 Å². The molecule has 2 N–H and O–H groups in total. The summed E-state index contributed by atoms with van der Waals surface area (Å²) in [6.07, 6.45) is 5.16. The van der Waals surface area contributed by atoms with Crippen molar-refractivity contribution in [1.29, 1.82) is 0 Å². The Balaban J connectivity index is 1.90. The number of rotatable bonds is 5. The molecule has 1 saturated carbocycles. The summed E-state index contributed by atoms with van der Waals surface area (Å²) >= 11 is 0. The molecule has 0 aromatic rings. The van der Waals surface area contributed by atoms with Gasteiger partial charge in [0, 0.05) is 25.7 Å². The summed E-state index contributed by atoms with van der Waals surface area (Å²) in [5.41, 5.74) is 0.437. The predicted octanol–water partition coefficient (Wildman–Crippen LogP) is 2.10. The van der Waals surface area contributed by atoms with Gasteiger partial charge >= 0.3 is 0 Å². The van der Waals surface area contributed by atoms with Crippen molar-refractivity contribution < 1.29 is 5.11 Å². The second-order valence-corrected chi connectivity index (χ2v) is 7.27. The molecule has 0 spiro atoms. The van der Waals surface area contributed by atoms with Crippen LogP contribution in [-0.2, 0) is 0 Å². The van der Waals surface area contributed by atoms with Gasteiger partial charge in [-0.1, -0.05) is 20.8 Å². The largest absolute Gasteiger partial charge is 0.396 e. The van der Waals surface area contributed by atoms with Crippen molar-refractivity contribution in [1.82, 2.24) is 10.2 Å². The van der Waals surface area contributed by atoms with E-state index < -0.39 is 0 Å². The highest BCUT2D eigenvalue weighted by Crippen LogP contribution is 2.41. The maximum Gasteiger partial charge on any atom is 0.0471 e. The Morgan fingerprint density at radius 2 is 2.11 bits per heavy atom. The fourth-order valence-electron chi connectivity index (χ4n) is 4.17. The van der Waals surface area contributed by atoms with Gasteiger partial charge in [-0.3, -0.25) is 0 Å². The van der Waals surface area contributed by atoms with Crippen LogP contribution in [0.25, 0.3) is 0 Å². The number of hydrogen-bond donors (Lipinski definition) is 2. The van der Waals surface area contributed by atoms with Crippen LogP contribution in [-0.4, -0.2) is 48.8 Å². The van der Waals surface area contributed by atoms with Crippen molar-refractivity contribution in [3.05, 3.63) is 0 Å². The summed E-state index contributed by atoms with van der Waals surface area (Å²) in [4.78, 5) is 2.60. The molecule has 1 aliphatic carbocycles. The first-order valence-electron chi connectivity index (χ1n) is 8.13. The molecule has 3 unspecified atom stereocenters. The molecule has 3 nitrogen and oxygen atoms in total. The summed E-state index contributed by atoms with van der Waals surface area (Å²) in [5.74, 6) is 1.30. The molecule has 2 rings (SSSR count). The van der Waals surface area contributed by atoms with Gasteiger partial charge in [0.2, 0.25) is 0 Å². The van der Waals surface area contributed by atoms with Gasteiger partial charge in [0.1, 0.15) is 0 Å². The molecular weight excluding hydrogens is 236 g/mol. The number of likely N-dealkylation sites (tertiary alicyclic amines) is 1. The van der Waals surface area contributed by atoms with Crippen molar-refractivity contribution in [2.45, 2.75) is 52.5 Å². The SMILES string of the molecule is CCNC1C(CN2CCCC(CO)C2)CCC1(C)C. The lowest BCUT2D eigenvalue weighted by molar-refractivity contribution is 0.0994. The molecule has 0 radical (unpaired) electrons. The van der Waals surface area contributed by atoms with Gasteiger partial charge < -0.3 is 15.3 Å². The fourth-order valence-corrected chi connectivity index (χ4v) is 4.17. The predicted molar refractivity (Wildman–Crippen MR) is 80.2 cm³/mol. The highest BCUT2D eigenvalue weighted by Gasteiger charge is 2.41. The molecule has 19 heavy (non-hydrogen) atoms. The summed E-state index contributed by atoms with van der Waals surface area (Å²) < 4.78 is 0. The van der Waals surface area contributed by atoms with E-state index in [1.165, 1.54) is 38.8 Å². The van der Waals surface area contributed by atoms with E-state index in [1.54, 1.807) is 0 Å². The summed E-state index contributed by atoms with van der Waals surface area (Å²) in [6, 6.07) is 0.659. The summed E-state index contributed by atoms with van der Waals surface area (Å²) in [5, 5.41) is 13.1. The van der Waals surface area contributed by atoms with E-state index in [4.69, 9.17) is 0 Å². The average Bonchev–Trinajstić information content (AvgIpc) is 2.67. The average molecular weight is 268 g/mol. The molecule has 1 saturated heterocycles. The van der Waals surface area contributed by atoms with Gasteiger partial charge in [-0.15, -0.1) is 0 Å². The lowest BCUT2D eigenvalue weighted by Crippen LogP contribution is -2.47. The first-order chi connectivity index (χ1) is 9.06. The topological polar surface area (TPSA) is 35.5 Å². The van der Waals surface area contributed by atoms with Crippen LogP contribution in [0.2, 0.25) is 0 Å². The van der Waals surface area contributed by atoms with Gasteiger partial charge in [-0.05, 0) is 56.0 Å². The number of aliphatic hydroxyl groups is 1. The first-order valence-corrected chi connectivity index (χ1v) is 8.13. The molecule has 0 aromatic heterocycles. The second-order valence-electron chi connectivity index (χ2n) is 7.27. The van der Waals surface area contributed by atoms with Crippen LogP contribution in [0.4, 0.5) is 0 Å². The van der Waals surface area contributed by atoms with Crippen LogP contribution in [0.15, 0.2) is 0 Å². The van der Waals surface area contributed by atoms with Crippen LogP contribution in [0.5, 0.6) is 0 Å².